The van der Waals surface area contributed by atoms with Gasteiger partial charge in [0.2, 0.25) is 0 Å². The van der Waals surface area contributed by atoms with Gasteiger partial charge in [-0.05, 0) is 50.6 Å². The summed E-state index contributed by atoms with van der Waals surface area (Å²) in [6, 6.07) is 11.7. The van der Waals surface area contributed by atoms with Crippen LogP contribution >= 0.6 is 15.9 Å². The van der Waals surface area contributed by atoms with Crippen molar-refractivity contribution in [3.63, 3.8) is 0 Å². The lowest BCUT2D eigenvalue weighted by Gasteiger charge is -2.19. The Balaban J connectivity index is 1.88. The largest absolute Gasteiger partial charge is 0.444 e. The molecular formula is C17H20BrN3O2. The first kappa shape index (κ1) is 17.3. The fourth-order valence-electron chi connectivity index (χ4n) is 1.83. The number of halogens is 1. The summed E-state index contributed by atoms with van der Waals surface area (Å²) in [5.74, 6) is 0.451. The maximum absolute atomic E-state index is 11.7. The number of carbonyl (C=O) groups is 1. The van der Waals surface area contributed by atoms with Crippen molar-refractivity contribution in [2.45, 2.75) is 32.9 Å². The van der Waals surface area contributed by atoms with E-state index in [1.807, 2.05) is 45.0 Å². The van der Waals surface area contributed by atoms with Crippen LogP contribution in [0, 0.1) is 0 Å². The minimum absolute atomic E-state index is 0.451. The Hall–Kier alpha value is -2.08. The molecule has 0 bridgehead atoms. The van der Waals surface area contributed by atoms with Crippen molar-refractivity contribution in [3.05, 3.63) is 52.6 Å². The van der Waals surface area contributed by atoms with Gasteiger partial charge in [-0.15, -0.1) is 0 Å². The summed E-state index contributed by atoms with van der Waals surface area (Å²) in [5.41, 5.74) is 1.50. The van der Waals surface area contributed by atoms with Crippen LogP contribution in [0.5, 0.6) is 0 Å². The maximum atomic E-state index is 11.7. The lowest BCUT2D eigenvalue weighted by molar-refractivity contribution is 0.0635. The number of pyridine rings is 1. The third kappa shape index (κ3) is 6.28. The third-order valence-corrected chi connectivity index (χ3v) is 3.27. The summed E-state index contributed by atoms with van der Waals surface area (Å²) in [6.07, 6.45) is 1.16. The van der Waals surface area contributed by atoms with E-state index in [1.54, 1.807) is 12.3 Å². The van der Waals surface area contributed by atoms with Crippen molar-refractivity contribution in [1.82, 2.24) is 4.98 Å². The van der Waals surface area contributed by atoms with Crippen molar-refractivity contribution in [2.24, 2.45) is 0 Å². The minimum Gasteiger partial charge on any atom is -0.444 e. The highest BCUT2D eigenvalue weighted by Crippen LogP contribution is 2.15. The van der Waals surface area contributed by atoms with Crippen LogP contribution in [0.3, 0.4) is 0 Å². The van der Waals surface area contributed by atoms with E-state index < -0.39 is 11.7 Å². The molecule has 5 nitrogen and oxygen atoms in total. The molecule has 2 rings (SSSR count). The maximum Gasteiger partial charge on any atom is 0.413 e. The normalized spacial score (nSPS) is 11.0. The molecule has 6 heteroatoms. The van der Waals surface area contributed by atoms with Gasteiger partial charge in [0, 0.05) is 11.0 Å². The standard InChI is InChI=1S/C17H20BrN3O2/c1-17(2,3)23-16(22)21-15-8-7-14(11-20-15)19-10-12-5-4-6-13(18)9-12/h4-9,11,19H,10H2,1-3H3,(H,20,21,22). The van der Waals surface area contributed by atoms with Gasteiger partial charge in [-0.1, -0.05) is 28.1 Å². The number of nitrogens with zero attached hydrogens (tertiary/aromatic N) is 1. The smallest absolute Gasteiger partial charge is 0.413 e. The van der Waals surface area contributed by atoms with E-state index in [9.17, 15) is 4.79 Å². The molecule has 0 aliphatic rings. The highest BCUT2D eigenvalue weighted by atomic mass is 79.9. The Labute approximate surface area is 144 Å². The van der Waals surface area contributed by atoms with E-state index in [4.69, 9.17) is 4.74 Å². The van der Waals surface area contributed by atoms with Gasteiger partial charge in [0.1, 0.15) is 11.4 Å². The van der Waals surface area contributed by atoms with Crippen LogP contribution in [0.1, 0.15) is 26.3 Å². The van der Waals surface area contributed by atoms with Crippen molar-refractivity contribution >= 4 is 33.5 Å². The molecule has 0 saturated heterocycles. The van der Waals surface area contributed by atoms with Gasteiger partial charge >= 0.3 is 6.09 Å². The van der Waals surface area contributed by atoms with Crippen molar-refractivity contribution in [1.29, 1.82) is 0 Å². The van der Waals surface area contributed by atoms with Gasteiger partial charge in [-0.2, -0.15) is 0 Å². The molecule has 0 saturated carbocycles. The Morgan fingerprint density at radius 1 is 1.26 bits per heavy atom. The molecule has 0 aliphatic heterocycles. The van der Waals surface area contributed by atoms with E-state index in [-0.39, 0.29) is 0 Å². The van der Waals surface area contributed by atoms with Crippen molar-refractivity contribution in [3.8, 4) is 0 Å². The van der Waals surface area contributed by atoms with E-state index in [0.29, 0.717) is 12.4 Å². The Morgan fingerprint density at radius 3 is 2.65 bits per heavy atom. The van der Waals surface area contributed by atoms with E-state index in [0.717, 1.165) is 15.7 Å². The predicted molar refractivity (Wildman–Crippen MR) is 95.6 cm³/mol. The molecule has 0 atom stereocenters. The average Bonchev–Trinajstić information content (AvgIpc) is 2.44. The van der Waals surface area contributed by atoms with Gasteiger partial charge in [0.15, 0.2) is 0 Å². The summed E-state index contributed by atoms with van der Waals surface area (Å²) in [4.78, 5) is 15.9. The zero-order valence-electron chi connectivity index (χ0n) is 13.4. The number of benzene rings is 1. The molecule has 0 unspecified atom stereocenters. The second-order valence-electron chi connectivity index (χ2n) is 6.04. The molecular weight excluding hydrogens is 358 g/mol. The zero-order chi connectivity index (χ0) is 16.9. The average molecular weight is 378 g/mol. The Morgan fingerprint density at radius 2 is 2.04 bits per heavy atom. The van der Waals surface area contributed by atoms with Crippen LogP contribution in [-0.4, -0.2) is 16.7 Å². The summed E-state index contributed by atoms with van der Waals surface area (Å²) in [5, 5.41) is 5.88. The van der Waals surface area contributed by atoms with Gasteiger partial charge in [-0.25, -0.2) is 9.78 Å². The number of ether oxygens (including phenoxy) is 1. The van der Waals surface area contributed by atoms with E-state index in [2.05, 4.69) is 37.6 Å². The molecule has 1 aromatic heterocycles. The highest BCUT2D eigenvalue weighted by molar-refractivity contribution is 9.10. The highest BCUT2D eigenvalue weighted by Gasteiger charge is 2.16. The molecule has 0 radical (unpaired) electrons. The summed E-state index contributed by atoms with van der Waals surface area (Å²) < 4.78 is 6.23. The lowest BCUT2D eigenvalue weighted by atomic mass is 10.2. The van der Waals surface area contributed by atoms with Crippen molar-refractivity contribution in [2.75, 3.05) is 10.6 Å². The summed E-state index contributed by atoms with van der Waals surface area (Å²) in [7, 11) is 0. The molecule has 0 fully saturated rings. The molecule has 1 aromatic carbocycles. The van der Waals surface area contributed by atoms with Crippen LogP contribution in [0.15, 0.2) is 47.1 Å². The number of rotatable bonds is 4. The molecule has 0 aliphatic carbocycles. The molecule has 0 spiro atoms. The number of hydrogen-bond donors (Lipinski definition) is 2. The fraction of sp³-hybridized carbons (Fsp3) is 0.294. The summed E-state index contributed by atoms with van der Waals surface area (Å²) >= 11 is 3.45. The molecule has 1 heterocycles. The Kier molecular flexibility index (Phi) is 5.60. The number of hydrogen-bond acceptors (Lipinski definition) is 4. The molecule has 2 aromatic rings. The molecule has 122 valence electrons. The second-order valence-corrected chi connectivity index (χ2v) is 6.96. The zero-order valence-corrected chi connectivity index (χ0v) is 15.0. The van der Waals surface area contributed by atoms with E-state index in [1.165, 1.54) is 0 Å². The first-order chi connectivity index (χ1) is 10.8. The molecule has 23 heavy (non-hydrogen) atoms. The van der Waals surface area contributed by atoms with Gasteiger partial charge in [-0.3, -0.25) is 5.32 Å². The lowest BCUT2D eigenvalue weighted by Crippen LogP contribution is -2.27. The number of anilines is 2. The van der Waals surface area contributed by atoms with Crippen molar-refractivity contribution < 1.29 is 9.53 Å². The third-order valence-electron chi connectivity index (χ3n) is 2.78. The minimum atomic E-state index is -0.532. The topological polar surface area (TPSA) is 63.2 Å². The van der Waals surface area contributed by atoms with Crippen LogP contribution in [0.25, 0.3) is 0 Å². The number of aromatic nitrogens is 1. The van der Waals surface area contributed by atoms with Crippen LogP contribution in [0.2, 0.25) is 0 Å². The van der Waals surface area contributed by atoms with Gasteiger partial charge < -0.3 is 10.1 Å². The number of carbonyl (C=O) groups excluding carboxylic acids is 1. The van der Waals surface area contributed by atoms with Gasteiger partial charge in [0.25, 0.3) is 0 Å². The number of amides is 1. The molecule has 2 N–H and O–H groups in total. The molecule has 1 amide bonds. The quantitative estimate of drug-likeness (QED) is 0.802. The SMILES string of the molecule is CC(C)(C)OC(=O)Nc1ccc(NCc2cccc(Br)c2)cn1. The predicted octanol–water partition coefficient (Wildman–Crippen LogP) is 4.80. The first-order valence-electron chi connectivity index (χ1n) is 7.26. The van der Waals surface area contributed by atoms with E-state index >= 15 is 0 Å². The number of nitrogens with one attached hydrogen (secondary N) is 2. The van der Waals surface area contributed by atoms with Gasteiger partial charge in [0.05, 0.1) is 11.9 Å². The second kappa shape index (κ2) is 7.46. The summed E-state index contributed by atoms with van der Waals surface area (Å²) in [6.45, 7) is 6.14. The van der Waals surface area contributed by atoms with Crippen LogP contribution in [0.4, 0.5) is 16.3 Å². The van der Waals surface area contributed by atoms with Crippen LogP contribution < -0.4 is 10.6 Å². The van der Waals surface area contributed by atoms with Crippen LogP contribution in [-0.2, 0) is 11.3 Å². The fourth-order valence-corrected chi connectivity index (χ4v) is 2.28. The monoisotopic (exact) mass is 377 g/mol. The Bertz CT molecular complexity index is 666. The first-order valence-corrected chi connectivity index (χ1v) is 8.05.